The van der Waals surface area contributed by atoms with E-state index in [1.165, 1.54) is 39.5 Å². The largest absolute Gasteiger partial charge is 0.391 e. The zero-order chi connectivity index (χ0) is 34.0. The fourth-order valence-corrected chi connectivity index (χ4v) is 7.46. The van der Waals surface area contributed by atoms with Crippen molar-refractivity contribution in [2.75, 3.05) is 39.4 Å². The Morgan fingerprint density at radius 3 is 2.62 bits per heavy atom. The van der Waals surface area contributed by atoms with Gasteiger partial charge in [-0.1, -0.05) is 24.3 Å². The topological polar surface area (TPSA) is 158 Å². The number of aliphatic hydroxyl groups is 1. The monoisotopic (exact) mass is 679 g/mol. The predicted molar refractivity (Wildman–Crippen MR) is 174 cm³/mol. The number of sulfonamides is 1. The van der Waals surface area contributed by atoms with Gasteiger partial charge in [0.25, 0.3) is 5.91 Å². The minimum absolute atomic E-state index is 0.0200. The maximum atomic E-state index is 13.5. The summed E-state index contributed by atoms with van der Waals surface area (Å²) in [7, 11) is -3.74. The number of ether oxygens (including phenoxy) is 1. The molecule has 2 aromatic carbocycles. The third-order valence-corrected chi connectivity index (χ3v) is 10.7. The van der Waals surface area contributed by atoms with E-state index >= 15 is 0 Å². The number of carbonyl (C=O) groups is 3. The smallest absolute Gasteiger partial charge is 0.270 e. The quantitative estimate of drug-likeness (QED) is 0.295. The maximum Gasteiger partial charge on any atom is 0.270 e. The number of hydrogen-bond acceptors (Lipinski definition) is 8. The summed E-state index contributed by atoms with van der Waals surface area (Å²) >= 11 is 0. The molecule has 0 radical (unpaired) electrons. The molecule has 3 aliphatic rings. The van der Waals surface area contributed by atoms with Gasteiger partial charge in [0.1, 0.15) is 17.6 Å². The molecule has 254 valence electrons. The van der Waals surface area contributed by atoms with Gasteiger partial charge < -0.3 is 25.4 Å². The summed E-state index contributed by atoms with van der Waals surface area (Å²) in [5.41, 5.74) is 1.83. The second kappa shape index (κ2) is 14.1. The van der Waals surface area contributed by atoms with Crippen LogP contribution in [0.4, 0.5) is 4.39 Å². The second-order valence-electron chi connectivity index (χ2n) is 12.4. The lowest BCUT2D eigenvalue weighted by molar-refractivity contribution is -0.138. The van der Waals surface area contributed by atoms with E-state index in [1.807, 2.05) is 12.2 Å². The second-order valence-corrected chi connectivity index (χ2v) is 14.3. The first-order valence-electron chi connectivity index (χ1n) is 16.0. The molecule has 14 heteroatoms. The molecule has 3 amide bonds. The van der Waals surface area contributed by atoms with E-state index in [1.54, 1.807) is 25.1 Å². The lowest BCUT2D eigenvalue weighted by Crippen LogP contribution is -2.49. The van der Waals surface area contributed by atoms with Gasteiger partial charge in [0, 0.05) is 31.4 Å². The van der Waals surface area contributed by atoms with Crippen molar-refractivity contribution in [3.63, 3.8) is 0 Å². The first kappa shape index (κ1) is 33.7. The van der Waals surface area contributed by atoms with Crippen LogP contribution in [0.5, 0.6) is 0 Å². The number of halogens is 1. The van der Waals surface area contributed by atoms with Gasteiger partial charge in [0.05, 0.1) is 42.3 Å². The number of aromatic nitrogens is 1. The summed E-state index contributed by atoms with van der Waals surface area (Å²) in [5.74, 6) is -1.64. The number of nitrogens with one attached hydrogen (secondary N) is 2. The highest BCUT2D eigenvalue weighted by molar-refractivity contribution is 7.89. The van der Waals surface area contributed by atoms with Gasteiger partial charge in [-0.3, -0.25) is 14.4 Å². The molecule has 3 heterocycles. The van der Waals surface area contributed by atoms with Crippen LogP contribution >= 0.6 is 0 Å². The van der Waals surface area contributed by atoms with E-state index in [9.17, 15) is 32.3 Å². The Morgan fingerprint density at radius 2 is 1.88 bits per heavy atom. The molecular weight excluding hydrogens is 641 g/mol. The summed E-state index contributed by atoms with van der Waals surface area (Å²) in [5, 5.41) is 16.4. The number of β-amino-alcohol motifs (C(OH)–C–C–N with tert-alkyl or cyclic N) is 1. The molecule has 3 fully saturated rings. The molecule has 1 saturated carbocycles. The summed E-state index contributed by atoms with van der Waals surface area (Å²) in [6.07, 6.45) is 5.17. The van der Waals surface area contributed by atoms with Crippen molar-refractivity contribution in [3.05, 3.63) is 77.2 Å². The average molecular weight is 680 g/mol. The molecule has 12 nitrogen and oxygen atoms in total. The SMILES string of the molecule is C[C@@H](NC(=O)[C@@H]1C[C@@H](O)CN1C(=O)CNC(=O)c1ccc2cc(F)ccc2n1)c1ccc(S(=O)(=O)N2CCOCC2)cc1/C=C/C1CC1. The third kappa shape index (κ3) is 7.57. The predicted octanol–water partition coefficient (Wildman–Crippen LogP) is 2.39. The van der Waals surface area contributed by atoms with Crippen molar-refractivity contribution in [2.24, 2.45) is 5.92 Å². The van der Waals surface area contributed by atoms with Crippen molar-refractivity contribution in [2.45, 2.75) is 49.3 Å². The molecular formula is C34H38FN5O7S. The minimum atomic E-state index is -3.74. The van der Waals surface area contributed by atoms with E-state index in [0.29, 0.717) is 41.2 Å². The molecule has 1 aliphatic carbocycles. The van der Waals surface area contributed by atoms with Crippen LogP contribution in [0.25, 0.3) is 17.0 Å². The fourth-order valence-electron chi connectivity index (χ4n) is 6.01. The number of pyridine rings is 1. The zero-order valence-electron chi connectivity index (χ0n) is 26.5. The van der Waals surface area contributed by atoms with Crippen molar-refractivity contribution in [3.8, 4) is 0 Å². The Labute approximate surface area is 278 Å². The van der Waals surface area contributed by atoms with Gasteiger partial charge in [-0.15, -0.1) is 0 Å². The van der Waals surface area contributed by atoms with Crippen LogP contribution in [0.2, 0.25) is 0 Å². The average Bonchev–Trinajstić information content (AvgIpc) is 3.84. The van der Waals surface area contributed by atoms with E-state index < -0.39 is 58.3 Å². The van der Waals surface area contributed by atoms with Crippen LogP contribution in [-0.2, 0) is 24.3 Å². The number of hydrogen-bond donors (Lipinski definition) is 3. The van der Waals surface area contributed by atoms with Crippen molar-refractivity contribution in [1.29, 1.82) is 0 Å². The Morgan fingerprint density at radius 1 is 1.10 bits per heavy atom. The molecule has 3 N–H and O–H groups in total. The maximum absolute atomic E-state index is 13.5. The first-order chi connectivity index (χ1) is 23.0. The van der Waals surface area contributed by atoms with Gasteiger partial charge in [-0.25, -0.2) is 17.8 Å². The van der Waals surface area contributed by atoms with Gasteiger partial charge >= 0.3 is 0 Å². The van der Waals surface area contributed by atoms with E-state index in [-0.39, 0.29) is 36.6 Å². The first-order valence-corrected chi connectivity index (χ1v) is 17.5. The van der Waals surface area contributed by atoms with Crippen LogP contribution in [0.15, 0.2) is 59.5 Å². The minimum Gasteiger partial charge on any atom is -0.391 e. The highest BCUT2D eigenvalue weighted by atomic mass is 32.2. The number of nitrogens with zero attached hydrogens (tertiary/aromatic N) is 3. The Balaban J connectivity index is 1.13. The molecule has 48 heavy (non-hydrogen) atoms. The molecule has 2 saturated heterocycles. The molecule has 0 bridgehead atoms. The van der Waals surface area contributed by atoms with E-state index in [0.717, 1.165) is 12.8 Å². The Bertz CT molecular complexity index is 1860. The Kier molecular flexibility index (Phi) is 9.88. The molecule has 0 unspecified atom stereocenters. The summed E-state index contributed by atoms with van der Waals surface area (Å²) < 4.78 is 46.9. The number of likely N-dealkylation sites (tertiary alicyclic amines) is 1. The van der Waals surface area contributed by atoms with Crippen LogP contribution in [-0.4, -0.2) is 97.0 Å². The highest BCUT2D eigenvalue weighted by Gasteiger charge is 2.39. The number of aliphatic hydroxyl groups excluding tert-OH is 1. The number of allylic oxidation sites excluding steroid dienone is 1. The van der Waals surface area contributed by atoms with Crippen molar-refractivity contribution < 1.29 is 37.0 Å². The summed E-state index contributed by atoms with van der Waals surface area (Å²) in [6, 6.07) is 10.3. The number of carbonyl (C=O) groups excluding carboxylic acids is 3. The van der Waals surface area contributed by atoms with Gasteiger partial charge in [-0.2, -0.15) is 4.31 Å². The van der Waals surface area contributed by atoms with Gasteiger partial charge in [0.15, 0.2) is 0 Å². The van der Waals surface area contributed by atoms with Crippen LogP contribution in [0.1, 0.15) is 53.8 Å². The molecule has 2 aliphatic heterocycles. The molecule has 6 rings (SSSR count). The van der Waals surface area contributed by atoms with E-state index in [2.05, 4.69) is 15.6 Å². The lowest BCUT2D eigenvalue weighted by atomic mass is 10.00. The van der Waals surface area contributed by atoms with Crippen LogP contribution in [0, 0.1) is 11.7 Å². The molecule has 3 aromatic rings. The number of amides is 3. The normalized spacial score (nSPS) is 21.0. The van der Waals surface area contributed by atoms with Gasteiger partial charge in [-0.05, 0) is 73.2 Å². The van der Waals surface area contributed by atoms with Crippen molar-refractivity contribution >= 4 is 44.7 Å². The number of benzene rings is 2. The highest BCUT2D eigenvalue weighted by Crippen LogP contribution is 2.33. The lowest BCUT2D eigenvalue weighted by Gasteiger charge is -2.27. The Hall–Kier alpha value is -4.24. The molecule has 1 aromatic heterocycles. The summed E-state index contributed by atoms with van der Waals surface area (Å²) in [4.78, 5) is 45.1. The zero-order valence-corrected chi connectivity index (χ0v) is 27.3. The standard InChI is InChI=1S/C34H38FN5O7S/c1-21(28-9-8-27(17-23(28)5-4-22-2-3-22)48(45,46)39-12-14-47-15-13-39)37-34(44)31-18-26(41)20-40(31)32(42)19-36-33(43)30-10-6-24-16-25(35)7-11-29(24)38-30/h4-11,16-17,21-22,26,31,41H,2-3,12-15,18-20H2,1H3,(H,36,43)(H,37,44)/b5-4+/t21-,26-,31+/m1/s1. The molecule has 3 atom stereocenters. The summed E-state index contributed by atoms with van der Waals surface area (Å²) in [6.45, 7) is 2.49. The van der Waals surface area contributed by atoms with Crippen LogP contribution in [0.3, 0.4) is 0 Å². The number of morpholine rings is 1. The molecule has 0 spiro atoms. The van der Waals surface area contributed by atoms with Gasteiger partial charge in [0.2, 0.25) is 21.8 Å². The number of rotatable bonds is 10. The third-order valence-electron chi connectivity index (χ3n) is 8.85. The number of fused-ring (bicyclic) bond motifs is 1. The van der Waals surface area contributed by atoms with Crippen LogP contribution < -0.4 is 10.6 Å². The fraction of sp³-hybridized carbons (Fsp3) is 0.412. The van der Waals surface area contributed by atoms with E-state index in [4.69, 9.17) is 4.74 Å². The van der Waals surface area contributed by atoms with Crippen molar-refractivity contribution in [1.82, 2.24) is 24.8 Å².